The molecular weight excluding hydrogens is 297 g/mol. The molecule has 7 heteroatoms. The normalized spacial score (nSPS) is 10.9. The predicted octanol–water partition coefficient (Wildman–Crippen LogP) is 4.25. The van der Waals surface area contributed by atoms with Gasteiger partial charge in [0.1, 0.15) is 11.5 Å². The molecule has 0 bridgehead atoms. The van der Waals surface area contributed by atoms with Gasteiger partial charge in [0, 0.05) is 12.7 Å². The molecule has 22 heavy (non-hydrogen) atoms. The number of anilines is 1. The first-order valence-corrected chi connectivity index (χ1v) is 6.32. The third kappa shape index (κ3) is 4.15. The second-order valence-electron chi connectivity index (χ2n) is 4.35. The van der Waals surface area contributed by atoms with Crippen LogP contribution in [0.3, 0.4) is 0 Å². The Morgan fingerprint density at radius 2 is 1.45 bits per heavy atom. The van der Waals surface area contributed by atoms with E-state index in [9.17, 15) is 18.0 Å². The molecule has 0 spiro atoms. The summed E-state index contributed by atoms with van der Waals surface area (Å²) in [6.45, 7) is 0. The lowest BCUT2D eigenvalue weighted by molar-refractivity contribution is -0.137. The molecule has 0 fully saturated rings. The maximum absolute atomic E-state index is 12.4. The Morgan fingerprint density at radius 1 is 0.955 bits per heavy atom. The van der Waals surface area contributed by atoms with Crippen molar-refractivity contribution in [2.75, 3.05) is 12.4 Å². The highest BCUT2D eigenvalue weighted by Crippen LogP contribution is 2.31. The first kappa shape index (κ1) is 15.7. The summed E-state index contributed by atoms with van der Waals surface area (Å²) in [5.74, 6) is 0.738. The minimum atomic E-state index is -4.37. The number of hydrogen-bond acceptors (Lipinski definition) is 2. The predicted molar refractivity (Wildman–Crippen MR) is 76.0 cm³/mol. The highest BCUT2D eigenvalue weighted by atomic mass is 19.4. The van der Waals surface area contributed by atoms with Crippen molar-refractivity contribution in [1.29, 1.82) is 0 Å². The molecule has 0 saturated carbocycles. The van der Waals surface area contributed by atoms with E-state index in [1.165, 1.54) is 19.2 Å². The molecular formula is C15H13F3N2O2. The second kappa shape index (κ2) is 6.38. The number of amides is 2. The van der Waals surface area contributed by atoms with Crippen LogP contribution in [-0.4, -0.2) is 13.1 Å². The molecule has 4 nitrogen and oxygen atoms in total. The Bertz CT molecular complexity index is 637. The van der Waals surface area contributed by atoms with Crippen LogP contribution >= 0.6 is 0 Å². The van der Waals surface area contributed by atoms with Gasteiger partial charge >= 0.3 is 12.2 Å². The number of urea groups is 1. The van der Waals surface area contributed by atoms with Crippen molar-refractivity contribution in [3.8, 4) is 11.5 Å². The Labute approximate surface area is 124 Å². The first-order valence-electron chi connectivity index (χ1n) is 6.32. The largest absolute Gasteiger partial charge is 0.457 e. The fourth-order valence-corrected chi connectivity index (χ4v) is 1.65. The van der Waals surface area contributed by atoms with Gasteiger partial charge in [-0.15, -0.1) is 0 Å². The summed E-state index contributed by atoms with van der Waals surface area (Å²) in [5, 5.41) is 4.99. The molecule has 2 rings (SSSR count). The lowest BCUT2D eigenvalue weighted by Crippen LogP contribution is -2.24. The van der Waals surface area contributed by atoms with E-state index < -0.39 is 11.7 Å². The van der Waals surface area contributed by atoms with Crippen molar-refractivity contribution < 1.29 is 22.7 Å². The minimum absolute atomic E-state index is 0.292. The van der Waals surface area contributed by atoms with Crippen molar-refractivity contribution >= 4 is 11.7 Å². The molecule has 0 aromatic heterocycles. The van der Waals surface area contributed by atoms with Gasteiger partial charge in [0.05, 0.1) is 5.56 Å². The van der Waals surface area contributed by atoms with Gasteiger partial charge in [-0.05, 0) is 48.5 Å². The van der Waals surface area contributed by atoms with Crippen LogP contribution in [0.4, 0.5) is 23.7 Å². The highest BCUT2D eigenvalue weighted by molar-refractivity contribution is 5.88. The van der Waals surface area contributed by atoms with Gasteiger partial charge in [-0.1, -0.05) is 0 Å². The number of alkyl halides is 3. The molecule has 2 aromatic carbocycles. The van der Waals surface area contributed by atoms with Crippen molar-refractivity contribution in [3.05, 3.63) is 54.1 Å². The second-order valence-corrected chi connectivity index (χ2v) is 4.35. The number of ether oxygens (including phenoxy) is 1. The van der Waals surface area contributed by atoms with Crippen LogP contribution in [0, 0.1) is 0 Å². The molecule has 0 saturated heterocycles. The molecule has 0 radical (unpaired) electrons. The van der Waals surface area contributed by atoms with Crippen LogP contribution in [0.25, 0.3) is 0 Å². The van der Waals surface area contributed by atoms with E-state index in [0.717, 1.165) is 12.1 Å². The molecule has 116 valence electrons. The average Bonchev–Trinajstić information content (AvgIpc) is 2.49. The van der Waals surface area contributed by atoms with E-state index in [4.69, 9.17) is 4.74 Å². The summed E-state index contributed by atoms with van der Waals surface area (Å²) >= 11 is 0. The maximum atomic E-state index is 12.4. The maximum Gasteiger partial charge on any atom is 0.416 e. The van der Waals surface area contributed by atoms with Gasteiger partial charge in [0.25, 0.3) is 0 Å². The lowest BCUT2D eigenvalue weighted by atomic mass is 10.2. The van der Waals surface area contributed by atoms with Crippen LogP contribution in [0.2, 0.25) is 0 Å². The molecule has 0 aliphatic carbocycles. The molecule has 0 aliphatic heterocycles. The fourth-order valence-electron chi connectivity index (χ4n) is 1.65. The van der Waals surface area contributed by atoms with E-state index in [2.05, 4.69) is 10.6 Å². The molecule has 0 atom stereocenters. The summed E-state index contributed by atoms with van der Waals surface area (Å²) in [4.78, 5) is 11.1. The van der Waals surface area contributed by atoms with Crippen LogP contribution in [-0.2, 0) is 6.18 Å². The van der Waals surface area contributed by atoms with Gasteiger partial charge in [0.15, 0.2) is 0 Å². The van der Waals surface area contributed by atoms with Crippen LogP contribution < -0.4 is 15.4 Å². The Hall–Kier alpha value is -2.70. The van der Waals surface area contributed by atoms with Gasteiger partial charge in [-0.25, -0.2) is 4.79 Å². The van der Waals surface area contributed by atoms with E-state index in [1.807, 2.05) is 0 Å². The lowest BCUT2D eigenvalue weighted by Gasteiger charge is -2.10. The van der Waals surface area contributed by atoms with Crippen molar-refractivity contribution in [2.45, 2.75) is 6.18 Å². The number of carbonyl (C=O) groups is 1. The number of carbonyl (C=O) groups excluding carboxylic acids is 1. The number of rotatable bonds is 3. The quantitative estimate of drug-likeness (QED) is 0.890. The Kier molecular flexibility index (Phi) is 4.55. The molecule has 0 unspecified atom stereocenters. The summed E-state index contributed by atoms with van der Waals surface area (Å²) in [5.41, 5.74) is -0.163. The first-order chi connectivity index (χ1) is 10.4. The molecule has 2 N–H and O–H groups in total. The van der Waals surface area contributed by atoms with Crippen molar-refractivity contribution in [1.82, 2.24) is 5.32 Å². The Balaban J connectivity index is 2.03. The monoisotopic (exact) mass is 310 g/mol. The van der Waals surface area contributed by atoms with E-state index in [1.54, 1.807) is 24.3 Å². The van der Waals surface area contributed by atoms with Crippen LogP contribution in [0.15, 0.2) is 48.5 Å². The Morgan fingerprint density at radius 3 is 1.91 bits per heavy atom. The third-order valence-corrected chi connectivity index (χ3v) is 2.76. The number of hydrogen-bond donors (Lipinski definition) is 2. The zero-order chi connectivity index (χ0) is 16.2. The van der Waals surface area contributed by atoms with E-state index in [-0.39, 0.29) is 6.03 Å². The molecule has 2 amide bonds. The standard InChI is InChI=1S/C15H13F3N2O2/c1-19-14(21)20-11-4-8-13(9-5-11)22-12-6-2-10(3-7-12)15(16,17)18/h2-9H,1H3,(H2,19,20,21). The zero-order valence-corrected chi connectivity index (χ0v) is 11.6. The van der Waals surface area contributed by atoms with E-state index >= 15 is 0 Å². The molecule has 0 heterocycles. The minimum Gasteiger partial charge on any atom is -0.457 e. The molecule has 2 aromatic rings. The SMILES string of the molecule is CNC(=O)Nc1ccc(Oc2ccc(C(F)(F)F)cc2)cc1. The van der Waals surface area contributed by atoms with Gasteiger partial charge in [-0.3, -0.25) is 0 Å². The topological polar surface area (TPSA) is 50.4 Å². The number of nitrogens with one attached hydrogen (secondary N) is 2. The van der Waals surface area contributed by atoms with Gasteiger partial charge in [0.2, 0.25) is 0 Å². The summed E-state index contributed by atoms with van der Waals surface area (Å²) in [6.07, 6.45) is -4.37. The third-order valence-electron chi connectivity index (χ3n) is 2.76. The highest BCUT2D eigenvalue weighted by Gasteiger charge is 2.30. The van der Waals surface area contributed by atoms with Gasteiger partial charge in [-0.2, -0.15) is 13.2 Å². The van der Waals surface area contributed by atoms with Gasteiger partial charge < -0.3 is 15.4 Å². The van der Waals surface area contributed by atoms with Crippen molar-refractivity contribution in [2.24, 2.45) is 0 Å². The number of halogens is 3. The smallest absolute Gasteiger partial charge is 0.416 e. The van der Waals surface area contributed by atoms with Crippen molar-refractivity contribution in [3.63, 3.8) is 0 Å². The molecule has 0 aliphatic rings. The zero-order valence-electron chi connectivity index (χ0n) is 11.6. The number of benzene rings is 2. The average molecular weight is 310 g/mol. The van der Waals surface area contributed by atoms with Crippen LogP contribution in [0.5, 0.6) is 11.5 Å². The van der Waals surface area contributed by atoms with Crippen LogP contribution in [0.1, 0.15) is 5.56 Å². The van der Waals surface area contributed by atoms with E-state index in [0.29, 0.717) is 17.2 Å². The summed E-state index contributed by atoms with van der Waals surface area (Å²) < 4.78 is 42.8. The summed E-state index contributed by atoms with van der Waals surface area (Å²) in [6, 6.07) is 10.5. The fraction of sp³-hybridized carbons (Fsp3) is 0.133. The summed E-state index contributed by atoms with van der Waals surface area (Å²) in [7, 11) is 1.50.